The molecule has 2 saturated carbocycles. The van der Waals surface area contributed by atoms with E-state index in [1.54, 1.807) is 11.3 Å². The van der Waals surface area contributed by atoms with E-state index >= 15 is 0 Å². The van der Waals surface area contributed by atoms with E-state index in [1.807, 2.05) is 6.92 Å². The van der Waals surface area contributed by atoms with Gasteiger partial charge in [0, 0.05) is 6.42 Å². The highest BCUT2D eigenvalue weighted by Crippen LogP contribution is 2.58. The molecule has 3 unspecified atom stereocenters. The molecular formula is C10H14N2OS. The number of rotatable bonds is 2. The fourth-order valence-corrected chi connectivity index (χ4v) is 3.56. The minimum Gasteiger partial charge on any atom is -0.389 e. The van der Waals surface area contributed by atoms with E-state index in [-0.39, 0.29) is 0 Å². The quantitative estimate of drug-likeness (QED) is 0.805. The van der Waals surface area contributed by atoms with Crippen LogP contribution in [0, 0.1) is 18.8 Å². The van der Waals surface area contributed by atoms with Crippen LogP contribution >= 0.6 is 11.3 Å². The monoisotopic (exact) mass is 210 g/mol. The molecule has 14 heavy (non-hydrogen) atoms. The summed E-state index contributed by atoms with van der Waals surface area (Å²) in [7, 11) is 0. The summed E-state index contributed by atoms with van der Waals surface area (Å²) in [6.07, 6.45) is 4.12. The van der Waals surface area contributed by atoms with Crippen molar-refractivity contribution in [2.24, 2.45) is 11.8 Å². The first-order chi connectivity index (χ1) is 6.67. The molecule has 2 fully saturated rings. The lowest BCUT2D eigenvalue weighted by Crippen LogP contribution is -2.31. The van der Waals surface area contributed by atoms with Crippen LogP contribution in [-0.2, 0) is 6.42 Å². The zero-order chi connectivity index (χ0) is 9.76. The van der Waals surface area contributed by atoms with Crippen LogP contribution in [0.5, 0.6) is 0 Å². The molecule has 0 aliphatic heterocycles. The SMILES string of the molecule is Cc1nnc(CC2(O)CCC3CC32)s1. The second-order valence-corrected chi connectivity index (χ2v) is 5.90. The van der Waals surface area contributed by atoms with Gasteiger partial charge in [-0.25, -0.2) is 0 Å². The van der Waals surface area contributed by atoms with Crippen molar-refractivity contribution in [1.29, 1.82) is 0 Å². The molecule has 2 aliphatic rings. The Kier molecular flexibility index (Phi) is 1.74. The Bertz CT molecular complexity index is 365. The van der Waals surface area contributed by atoms with Crippen LogP contribution in [0.2, 0.25) is 0 Å². The first-order valence-corrected chi connectivity index (χ1v) is 6.00. The van der Waals surface area contributed by atoms with Gasteiger partial charge < -0.3 is 5.11 Å². The number of nitrogens with zero attached hydrogens (tertiary/aromatic N) is 2. The smallest absolute Gasteiger partial charge is 0.120 e. The van der Waals surface area contributed by atoms with Crippen molar-refractivity contribution in [2.45, 2.75) is 38.2 Å². The Labute approximate surface area is 87.2 Å². The van der Waals surface area contributed by atoms with Gasteiger partial charge in [0.15, 0.2) is 0 Å². The Balaban J connectivity index is 1.77. The highest BCUT2D eigenvalue weighted by Gasteiger charge is 2.57. The summed E-state index contributed by atoms with van der Waals surface area (Å²) in [5, 5.41) is 20.5. The molecule has 1 aromatic rings. The fourth-order valence-electron chi connectivity index (χ4n) is 2.74. The van der Waals surface area contributed by atoms with Gasteiger partial charge in [0.25, 0.3) is 0 Å². The van der Waals surface area contributed by atoms with Crippen LogP contribution in [-0.4, -0.2) is 20.9 Å². The number of hydrogen-bond donors (Lipinski definition) is 1. The first-order valence-electron chi connectivity index (χ1n) is 5.19. The van der Waals surface area contributed by atoms with Crippen LogP contribution in [0.1, 0.15) is 29.3 Å². The average Bonchev–Trinajstić information content (AvgIpc) is 2.74. The topological polar surface area (TPSA) is 46.0 Å². The van der Waals surface area contributed by atoms with Crippen molar-refractivity contribution in [3.05, 3.63) is 10.0 Å². The molecule has 0 spiro atoms. The molecule has 0 amide bonds. The lowest BCUT2D eigenvalue weighted by molar-refractivity contribution is 0.0251. The van der Waals surface area contributed by atoms with E-state index in [4.69, 9.17) is 0 Å². The molecule has 3 atom stereocenters. The summed E-state index contributed by atoms with van der Waals surface area (Å²) in [5.41, 5.74) is -0.448. The van der Waals surface area contributed by atoms with Gasteiger partial charge in [0.05, 0.1) is 5.60 Å². The molecule has 0 bridgehead atoms. The molecule has 1 heterocycles. The van der Waals surface area contributed by atoms with Crippen molar-refractivity contribution in [3.63, 3.8) is 0 Å². The third-order valence-electron chi connectivity index (χ3n) is 3.59. The van der Waals surface area contributed by atoms with Crippen molar-refractivity contribution >= 4 is 11.3 Å². The number of aryl methyl sites for hydroxylation is 1. The summed E-state index contributed by atoms with van der Waals surface area (Å²) in [5.74, 6) is 1.38. The largest absolute Gasteiger partial charge is 0.389 e. The number of fused-ring (bicyclic) bond motifs is 1. The Morgan fingerprint density at radius 1 is 1.57 bits per heavy atom. The predicted octanol–water partition coefficient (Wildman–Crippen LogP) is 1.55. The fraction of sp³-hybridized carbons (Fsp3) is 0.800. The molecular weight excluding hydrogens is 196 g/mol. The standard InChI is InChI=1S/C10H14N2OS/c1-6-11-12-9(14-6)5-10(13)3-2-7-4-8(7)10/h7-8,13H,2-5H2,1H3. The third kappa shape index (κ3) is 1.28. The predicted molar refractivity (Wildman–Crippen MR) is 54.1 cm³/mol. The van der Waals surface area contributed by atoms with Crippen molar-refractivity contribution in [3.8, 4) is 0 Å². The maximum Gasteiger partial charge on any atom is 0.120 e. The molecule has 1 aromatic heterocycles. The van der Waals surface area contributed by atoms with Crippen molar-refractivity contribution in [2.75, 3.05) is 0 Å². The average molecular weight is 210 g/mol. The van der Waals surface area contributed by atoms with Crippen LogP contribution in [0.15, 0.2) is 0 Å². The van der Waals surface area contributed by atoms with Gasteiger partial charge in [-0.05, 0) is 38.0 Å². The molecule has 2 aliphatic carbocycles. The van der Waals surface area contributed by atoms with Gasteiger partial charge in [-0.1, -0.05) is 0 Å². The molecule has 3 rings (SSSR count). The van der Waals surface area contributed by atoms with E-state index in [1.165, 1.54) is 12.8 Å². The molecule has 0 radical (unpaired) electrons. The summed E-state index contributed by atoms with van der Waals surface area (Å²) in [4.78, 5) is 0. The molecule has 76 valence electrons. The van der Waals surface area contributed by atoms with E-state index < -0.39 is 5.60 Å². The number of aliphatic hydroxyl groups is 1. The van der Waals surface area contributed by atoms with Gasteiger partial charge >= 0.3 is 0 Å². The lowest BCUT2D eigenvalue weighted by Gasteiger charge is -2.22. The van der Waals surface area contributed by atoms with Gasteiger partial charge in [-0.3, -0.25) is 0 Å². The molecule has 3 nitrogen and oxygen atoms in total. The second-order valence-electron chi connectivity index (χ2n) is 4.64. The van der Waals surface area contributed by atoms with Gasteiger partial charge in [0.1, 0.15) is 10.0 Å². The molecule has 0 saturated heterocycles. The summed E-state index contributed by atoms with van der Waals surface area (Å²) in [6.45, 7) is 1.96. The number of aromatic nitrogens is 2. The van der Waals surface area contributed by atoms with Crippen LogP contribution in [0.3, 0.4) is 0 Å². The third-order valence-corrected chi connectivity index (χ3v) is 4.42. The minimum absolute atomic E-state index is 0.448. The van der Waals surface area contributed by atoms with Crippen molar-refractivity contribution in [1.82, 2.24) is 10.2 Å². The zero-order valence-corrected chi connectivity index (χ0v) is 9.05. The van der Waals surface area contributed by atoms with E-state index in [0.717, 1.165) is 28.8 Å². The summed E-state index contributed by atoms with van der Waals surface area (Å²) >= 11 is 1.61. The van der Waals surface area contributed by atoms with Crippen molar-refractivity contribution < 1.29 is 5.11 Å². The summed E-state index contributed by atoms with van der Waals surface area (Å²) < 4.78 is 0. The van der Waals surface area contributed by atoms with Crippen LogP contribution in [0.4, 0.5) is 0 Å². The minimum atomic E-state index is -0.448. The Morgan fingerprint density at radius 3 is 2.93 bits per heavy atom. The maximum absolute atomic E-state index is 10.4. The second kappa shape index (κ2) is 2.76. The van der Waals surface area contributed by atoms with Crippen LogP contribution in [0.25, 0.3) is 0 Å². The van der Waals surface area contributed by atoms with E-state index in [2.05, 4.69) is 10.2 Å². The number of hydrogen-bond acceptors (Lipinski definition) is 4. The summed E-state index contributed by atoms with van der Waals surface area (Å²) in [6, 6.07) is 0. The normalized spacial score (nSPS) is 39.9. The first kappa shape index (κ1) is 8.80. The van der Waals surface area contributed by atoms with Gasteiger partial charge in [0.2, 0.25) is 0 Å². The highest BCUT2D eigenvalue weighted by molar-refractivity contribution is 7.11. The Hall–Kier alpha value is -0.480. The van der Waals surface area contributed by atoms with E-state index in [0.29, 0.717) is 5.92 Å². The molecule has 0 aromatic carbocycles. The Morgan fingerprint density at radius 2 is 2.43 bits per heavy atom. The zero-order valence-electron chi connectivity index (χ0n) is 8.23. The maximum atomic E-state index is 10.4. The van der Waals surface area contributed by atoms with E-state index in [9.17, 15) is 5.11 Å². The van der Waals surface area contributed by atoms with Gasteiger partial charge in [-0.15, -0.1) is 21.5 Å². The lowest BCUT2D eigenvalue weighted by atomic mass is 9.94. The highest BCUT2D eigenvalue weighted by atomic mass is 32.1. The van der Waals surface area contributed by atoms with Gasteiger partial charge in [-0.2, -0.15) is 0 Å². The molecule has 1 N–H and O–H groups in total. The van der Waals surface area contributed by atoms with Crippen LogP contribution < -0.4 is 0 Å². The molecule has 4 heteroatoms.